The predicted molar refractivity (Wildman–Crippen MR) is 66.6 cm³/mol. The van der Waals surface area contributed by atoms with Gasteiger partial charge in [0, 0.05) is 0 Å². The lowest BCUT2D eigenvalue weighted by Crippen LogP contribution is -2.05. The summed E-state index contributed by atoms with van der Waals surface area (Å²) in [4.78, 5) is 22.4. The number of aliphatic carboxylic acids is 1. The average molecular weight is 244 g/mol. The predicted octanol–water partition coefficient (Wildman–Crippen LogP) is 2.25. The number of carboxylic acids is 1. The van der Waals surface area contributed by atoms with E-state index >= 15 is 0 Å². The van der Waals surface area contributed by atoms with Gasteiger partial charge in [-0.1, -0.05) is 30.3 Å². The third-order valence-electron chi connectivity index (χ3n) is 2.76. The fraction of sp³-hybridized carbons (Fsp3) is 0.143. The van der Waals surface area contributed by atoms with E-state index in [1.807, 2.05) is 6.07 Å². The van der Waals surface area contributed by atoms with E-state index in [-0.39, 0.29) is 6.42 Å². The van der Waals surface area contributed by atoms with Crippen molar-refractivity contribution in [1.29, 1.82) is 0 Å². The molecule has 0 heterocycles. The number of carbonyl (C=O) groups is 2. The number of hydrogen-bond donors (Lipinski definition) is 1. The molecule has 0 aliphatic rings. The van der Waals surface area contributed by atoms with Crippen LogP contribution in [0.2, 0.25) is 0 Å². The first kappa shape index (κ1) is 12.1. The van der Waals surface area contributed by atoms with Gasteiger partial charge >= 0.3 is 11.9 Å². The van der Waals surface area contributed by atoms with Gasteiger partial charge in [0.15, 0.2) is 0 Å². The lowest BCUT2D eigenvalue weighted by molar-refractivity contribution is -0.136. The number of esters is 1. The molecular formula is C14H12O4. The van der Waals surface area contributed by atoms with E-state index in [9.17, 15) is 9.59 Å². The first-order chi connectivity index (χ1) is 8.63. The van der Waals surface area contributed by atoms with Crippen molar-refractivity contribution in [3.05, 3.63) is 47.5 Å². The van der Waals surface area contributed by atoms with Crippen LogP contribution in [0.3, 0.4) is 0 Å². The second-order valence-electron chi connectivity index (χ2n) is 3.88. The Bertz CT molecular complexity index is 616. The van der Waals surface area contributed by atoms with E-state index in [0.29, 0.717) is 16.5 Å². The Hall–Kier alpha value is -2.36. The molecule has 0 radical (unpaired) electrons. The van der Waals surface area contributed by atoms with Gasteiger partial charge in [-0.05, 0) is 22.4 Å². The van der Waals surface area contributed by atoms with Gasteiger partial charge < -0.3 is 9.84 Å². The van der Waals surface area contributed by atoms with Crippen LogP contribution in [0, 0.1) is 0 Å². The summed E-state index contributed by atoms with van der Waals surface area (Å²) in [7, 11) is 1.32. The molecule has 4 nitrogen and oxygen atoms in total. The Morgan fingerprint density at radius 3 is 2.39 bits per heavy atom. The molecule has 0 atom stereocenters. The molecule has 2 aromatic rings. The maximum absolute atomic E-state index is 11.6. The summed E-state index contributed by atoms with van der Waals surface area (Å²) in [6.07, 6.45) is -0.0675. The third-order valence-corrected chi connectivity index (χ3v) is 2.76. The highest BCUT2D eigenvalue weighted by Crippen LogP contribution is 2.23. The van der Waals surface area contributed by atoms with Gasteiger partial charge in [0.2, 0.25) is 0 Å². The van der Waals surface area contributed by atoms with Crippen molar-refractivity contribution in [2.24, 2.45) is 0 Å². The van der Waals surface area contributed by atoms with Gasteiger partial charge in [-0.2, -0.15) is 0 Å². The highest BCUT2D eigenvalue weighted by Gasteiger charge is 2.13. The summed E-state index contributed by atoms with van der Waals surface area (Å²) >= 11 is 0. The van der Waals surface area contributed by atoms with Gasteiger partial charge in [0.05, 0.1) is 19.1 Å². The van der Waals surface area contributed by atoms with Crippen LogP contribution in [0.1, 0.15) is 15.9 Å². The van der Waals surface area contributed by atoms with Crippen molar-refractivity contribution >= 4 is 22.7 Å². The lowest BCUT2D eigenvalue weighted by Gasteiger charge is -2.08. The summed E-state index contributed by atoms with van der Waals surface area (Å²) in [6, 6.07) is 10.5. The minimum atomic E-state index is -0.897. The standard InChI is InChI=1S/C14H12O4/c1-18-14(17)12-7-6-9(8-13(15)16)10-4-2-3-5-11(10)12/h2-7H,8H2,1H3,(H,15,16). The van der Waals surface area contributed by atoms with E-state index in [4.69, 9.17) is 9.84 Å². The average Bonchev–Trinajstić information content (AvgIpc) is 2.38. The Labute approximate surface area is 104 Å². The molecule has 2 aromatic carbocycles. The van der Waals surface area contributed by atoms with E-state index in [2.05, 4.69) is 0 Å². The maximum atomic E-state index is 11.6. The third kappa shape index (κ3) is 2.18. The molecule has 0 aliphatic carbocycles. The van der Waals surface area contributed by atoms with Gasteiger partial charge in [-0.25, -0.2) is 4.79 Å². The van der Waals surface area contributed by atoms with Crippen molar-refractivity contribution in [3.8, 4) is 0 Å². The van der Waals surface area contributed by atoms with E-state index < -0.39 is 11.9 Å². The number of rotatable bonds is 3. The number of carbonyl (C=O) groups excluding carboxylic acids is 1. The number of ether oxygens (including phenoxy) is 1. The quantitative estimate of drug-likeness (QED) is 0.841. The number of fused-ring (bicyclic) bond motifs is 1. The van der Waals surface area contributed by atoms with E-state index in [1.165, 1.54) is 7.11 Å². The summed E-state index contributed by atoms with van der Waals surface area (Å²) in [5, 5.41) is 10.3. The molecule has 0 unspecified atom stereocenters. The Morgan fingerprint density at radius 2 is 1.78 bits per heavy atom. The monoisotopic (exact) mass is 244 g/mol. The maximum Gasteiger partial charge on any atom is 0.338 e. The van der Waals surface area contributed by atoms with Crippen molar-refractivity contribution in [2.75, 3.05) is 7.11 Å². The molecule has 0 saturated carbocycles. The summed E-state index contributed by atoms with van der Waals surface area (Å²) in [5.41, 5.74) is 1.13. The van der Waals surface area contributed by atoms with E-state index in [0.717, 1.165) is 5.39 Å². The van der Waals surface area contributed by atoms with Gasteiger partial charge in [-0.3, -0.25) is 4.79 Å². The highest BCUT2D eigenvalue weighted by molar-refractivity contribution is 6.05. The molecule has 0 aromatic heterocycles. The zero-order valence-corrected chi connectivity index (χ0v) is 9.84. The molecule has 4 heteroatoms. The van der Waals surface area contributed by atoms with Crippen LogP contribution in [0.4, 0.5) is 0 Å². The molecule has 0 saturated heterocycles. The Morgan fingerprint density at radius 1 is 1.11 bits per heavy atom. The number of hydrogen-bond acceptors (Lipinski definition) is 3. The molecule has 0 spiro atoms. The summed E-state index contributed by atoms with van der Waals surface area (Å²) < 4.78 is 4.71. The zero-order valence-electron chi connectivity index (χ0n) is 9.84. The van der Waals surface area contributed by atoms with Crippen LogP contribution in [0.5, 0.6) is 0 Å². The molecule has 2 rings (SSSR count). The summed E-state index contributed by atoms with van der Waals surface area (Å²) in [6.45, 7) is 0. The normalized spacial score (nSPS) is 10.3. The first-order valence-electron chi connectivity index (χ1n) is 5.44. The van der Waals surface area contributed by atoms with Crippen LogP contribution in [-0.2, 0) is 16.0 Å². The second-order valence-corrected chi connectivity index (χ2v) is 3.88. The molecule has 0 bridgehead atoms. The van der Waals surface area contributed by atoms with Crippen LogP contribution in [0.15, 0.2) is 36.4 Å². The topological polar surface area (TPSA) is 63.6 Å². The zero-order chi connectivity index (χ0) is 13.1. The molecule has 0 aliphatic heterocycles. The summed E-state index contributed by atoms with van der Waals surface area (Å²) in [5.74, 6) is -1.32. The molecule has 1 N–H and O–H groups in total. The van der Waals surface area contributed by atoms with Crippen molar-refractivity contribution in [3.63, 3.8) is 0 Å². The van der Waals surface area contributed by atoms with Gasteiger partial charge in [0.1, 0.15) is 0 Å². The van der Waals surface area contributed by atoms with Gasteiger partial charge in [-0.15, -0.1) is 0 Å². The molecule has 92 valence electrons. The first-order valence-corrected chi connectivity index (χ1v) is 5.44. The molecule has 18 heavy (non-hydrogen) atoms. The molecule has 0 fully saturated rings. The van der Waals surface area contributed by atoms with Crippen LogP contribution >= 0.6 is 0 Å². The van der Waals surface area contributed by atoms with Crippen LogP contribution in [-0.4, -0.2) is 24.2 Å². The van der Waals surface area contributed by atoms with E-state index in [1.54, 1.807) is 30.3 Å². The van der Waals surface area contributed by atoms with Crippen molar-refractivity contribution < 1.29 is 19.4 Å². The lowest BCUT2D eigenvalue weighted by atomic mass is 9.98. The smallest absolute Gasteiger partial charge is 0.338 e. The van der Waals surface area contributed by atoms with Crippen LogP contribution in [0.25, 0.3) is 10.8 Å². The van der Waals surface area contributed by atoms with Gasteiger partial charge in [0.25, 0.3) is 0 Å². The highest BCUT2D eigenvalue weighted by atomic mass is 16.5. The van der Waals surface area contributed by atoms with Crippen LogP contribution < -0.4 is 0 Å². The Kier molecular flexibility index (Phi) is 3.28. The second kappa shape index (κ2) is 4.87. The number of carboxylic acid groups (broad SMARTS) is 1. The number of methoxy groups -OCH3 is 1. The fourth-order valence-electron chi connectivity index (χ4n) is 1.97. The fourth-order valence-corrected chi connectivity index (χ4v) is 1.97. The molecular weight excluding hydrogens is 232 g/mol. The number of benzene rings is 2. The minimum Gasteiger partial charge on any atom is -0.481 e. The SMILES string of the molecule is COC(=O)c1ccc(CC(=O)O)c2ccccc12. The molecule has 0 amide bonds. The Balaban J connectivity index is 2.66. The van der Waals surface area contributed by atoms with Crippen molar-refractivity contribution in [2.45, 2.75) is 6.42 Å². The minimum absolute atomic E-state index is 0.0675. The van der Waals surface area contributed by atoms with Crippen molar-refractivity contribution in [1.82, 2.24) is 0 Å². The largest absolute Gasteiger partial charge is 0.481 e.